The highest BCUT2D eigenvalue weighted by Gasteiger charge is 2.09. The molecule has 0 bridgehead atoms. The van der Waals surface area contributed by atoms with Crippen LogP contribution in [0.4, 0.5) is 5.69 Å². The Kier molecular flexibility index (Phi) is 5.44. The van der Waals surface area contributed by atoms with Gasteiger partial charge in [0.15, 0.2) is 0 Å². The van der Waals surface area contributed by atoms with Gasteiger partial charge in [-0.3, -0.25) is 4.21 Å². The van der Waals surface area contributed by atoms with Gasteiger partial charge >= 0.3 is 5.97 Å². The standard InChI is InChI=1S/C11H14ClNO3S/c1-17(16)6-2-5-13-10-7-8(12)3-4-9(10)11(14)15/h3-4,7,13H,2,5-6H2,1H3,(H,14,15). The quantitative estimate of drug-likeness (QED) is 0.781. The minimum Gasteiger partial charge on any atom is -0.478 e. The van der Waals surface area contributed by atoms with Gasteiger partial charge in [-0.1, -0.05) is 11.6 Å². The Morgan fingerprint density at radius 2 is 2.24 bits per heavy atom. The van der Waals surface area contributed by atoms with Crippen molar-refractivity contribution < 1.29 is 14.1 Å². The van der Waals surface area contributed by atoms with Gasteiger partial charge in [0.05, 0.1) is 11.3 Å². The van der Waals surface area contributed by atoms with Crippen LogP contribution >= 0.6 is 11.6 Å². The first-order valence-corrected chi connectivity index (χ1v) is 7.18. The molecule has 0 saturated carbocycles. The Morgan fingerprint density at radius 1 is 1.53 bits per heavy atom. The number of carboxylic acids is 1. The van der Waals surface area contributed by atoms with E-state index < -0.39 is 16.8 Å². The molecule has 1 unspecified atom stereocenters. The number of rotatable bonds is 6. The fourth-order valence-electron chi connectivity index (χ4n) is 1.35. The van der Waals surface area contributed by atoms with Crippen LogP contribution in [0.15, 0.2) is 18.2 Å². The van der Waals surface area contributed by atoms with Gasteiger partial charge in [-0.05, 0) is 24.6 Å². The number of carboxylic acid groups (broad SMARTS) is 1. The van der Waals surface area contributed by atoms with E-state index >= 15 is 0 Å². The van der Waals surface area contributed by atoms with Crippen molar-refractivity contribution in [2.24, 2.45) is 0 Å². The first-order valence-electron chi connectivity index (χ1n) is 5.07. The number of hydrogen-bond donors (Lipinski definition) is 2. The van der Waals surface area contributed by atoms with E-state index in [-0.39, 0.29) is 5.56 Å². The highest BCUT2D eigenvalue weighted by Crippen LogP contribution is 2.21. The summed E-state index contributed by atoms with van der Waals surface area (Å²) in [6.45, 7) is 0.570. The van der Waals surface area contributed by atoms with Crippen LogP contribution in [0.2, 0.25) is 5.02 Å². The summed E-state index contributed by atoms with van der Waals surface area (Å²) >= 11 is 5.80. The van der Waals surface area contributed by atoms with Gasteiger partial charge in [0, 0.05) is 34.4 Å². The van der Waals surface area contributed by atoms with Crippen LogP contribution in [-0.2, 0) is 10.8 Å². The summed E-state index contributed by atoms with van der Waals surface area (Å²) < 4.78 is 10.9. The molecule has 0 radical (unpaired) electrons. The highest BCUT2D eigenvalue weighted by molar-refractivity contribution is 7.84. The Bertz CT molecular complexity index is 437. The summed E-state index contributed by atoms with van der Waals surface area (Å²) in [7, 11) is -0.824. The maximum absolute atomic E-state index is 10.9. The molecule has 6 heteroatoms. The van der Waals surface area contributed by atoms with E-state index in [1.165, 1.54) is 12.1 Å². The minimum absolute atomic E-state index is 0.187. The van der Waals surface area contributed by atoms with Gasteiger partial charge in [-0.25, -0.2) is 4.79 Å². The molecule has 0 heterocycles. The van der Waals surface area contributed by atoms with Crippen LogP contribution in [0, 0.1) is 0 Å². The van der Waals surface area contributed by atoms with Crippen molar-refractivity contribution in [2.75, 3.05) is 23.9 Å². The lowest BCUT2D eigenvalue weighted by molar-refractivity contribution is 0.0698. The first kappa shape index (κ1) is 14.0. The molecule has 0 saturated heterocycles. The van der Waals surface area contributed by atoms with Gasteiger partial charge in [0.25, 0.3) is 0 Å². The van der Waals surface area contributed by atoms with E-state index in [2.05, 4.69) is 5.32 Å². The van der Waals surface area contributed by atoms with Gasteiger partial charge in [0.2, 0.25) is 0 Å². The maximum atomic E-state index is 10.9. The van der Waals surface area contributed by atoms with Crippen molar-refractivity contribution in [3.05, 3.63) is 28.8 Å². The molecule has 0 aromatic heterocycles. The normalized spacial score (nSPS) is 12.1. The lowest BCUT2D eigenvalue weighted by Crippen LogP contribution is -2.09. The number of aromatic carboxylic acids is 1. The number of anilines is 1. The van der Waals surface area contributed by atoms with Crippen LogP contribution in [0.5, 0.6) is 0 Å². The summed E-state index contributed by atoms with van der Waals surface area (Å²) in [6.07, 6.45) is 2.36. The Morgan fingerprint density at radius 3 is 2.82 bits per heavy atom. The molecule has 2 N–H and O–H groups in total. The zero-order valence-corrected chi connectivity index (χ0v) is 11.0. The Balaban J connectivity index is 2.65. The van der Waals surface area contributed by atoms with Crippen molar-refractivity contribution >= 4 is 34.1 Å². The third kappa shape index (κ3) is 4.75. The summed E-state index contributed by atoms with van der Waals surface area (Å²) in [5.74, 6) is -0.404. The van der Waals surface area contributed by atoms with Crippen molar-refractivity contribution in [3.8, 4) is 0 Å². The van der Waals surface area contributed by atoms with Crippen molar-refractivity contribution in [3.63, 3.8) is 0 Å². The first-order chi connectivity index (χ1) is 8.00. The molecule has 0 aliphatic carbocycles. The van der Waals surface area contributed by atoms with Crippen LogP contribution in [-0.4, -0.2) is 33.8 Å². The number of hydrogen-bond acceptors (Lipinski definition) is 3. The predicted molar refractivity (Wildman–Crippen MR) is 70.5 cm³/mol. The molecule has 94 valence electrons. The molecular weight excluding hydrogens is 262 g/mol. The van der Waals surface area contributed by atoms with E-state index in [1.807, 2.05) is 0 Å². The molecule has 1 atom stereocenters. The monoisotopic (exact) mass is 275 g/mol. The lowest BCUT2D eigenvalue weighted by Gasteiger charge is -2.09. The van der Waals surface area contributed by atoms with Crippen molar-refractivity contribution in [1.29, 1.82) is 0 Å². The number of benzene rings is 1. The fraction of sp³-hybridized carbons (Fsp3) is 0.364. The molecule has 0 fully saturated rings. The van der Waals surface area contributed by atoms with Gasteiger partial charge < -0.3 is 10.4 Å². The molecule has 4 nitrogen and oxygen atoms in total. The molecule has 1 aromatic carbocycles. The number of carbonyl (C=O) groups is 1. The Labute approximate surface area is 107 Å². The molecule has 0 amide bonds. The Hall–Kier alpha value is -1.07. The van der Waals surface area contributed by atoms with E-state index in [4.69, 9.17) is 16.7 Å². The number of nitrogens with one attached hydrogen (secondary N) is 1. The summed E-state index contributed by atoms with van der Waals surface area (Å²) in [5.41, 5.74) is 0.680. The second kappa shape index (κ2) is 6.61. The van der Waals surface area contributed by atoms with Crippen LogP contribution in [0.25, 0.3) is 0 Å². The molecule has 0 spiro atoms. The highest BCUT2D eigenvalue weighted by atomic mass is 35.5. The second-order valence-corrected chi connectivity index (χ2v) is 5.54. The molecule has 0 aliphatic rings. The molecule has 1 rings (SSSR count). The van der Waals surface area contributed by atoms with Crippen molar-refractivity contribution in [2.45, 2.75) is 6.42 Å². The van der Waals surface area contributed by atoms with Gasteiger partial charge in [-0.15, -0.1) is 0 Å². The van der Waals surface area contributed by atoms with E-state index in [0.717, 1.165) is 0 Å². The van der Waals surface area contributed by atoms with E-state index in [0.29, 0.717) is 29.4 Å². The third-order valence-corrected chi connectivity index (χ3v) is 3.23. The smallest absolute Gasteiger partial charge is 0.337 e. The second-order valence-electron chi connectivity index (χ2n) is 3.55. The summed E-state index contributed by atoms with van der Waals surface area (Å²) in [4.78, 5) is 10.9. The average molecular weight is 276 g/mol. The zero-order chi connectivity index (χ0) is 12.8. The number of halogens is 1. The topological polar surface area (TPSA) is 66.4 Å². The molecule has 0 aliphatic heterocycles. The molecule has 17 heavy (non-hydrogen) atoms. The van der Waals surface area contributed by atoms with Crippen LogP contribution in [0.1, 0.15) is 16.8 Å². The van der Waals surface area contributed by atoms with E-state index in [9.17, 15) is 9.00 Å². The largest absolute Gasteiger partial charge is 0.478 e. The maximum Gasteiger partial charge on any atom is 0.337 e. The van der Waals surface area contributed by atoms with Crippen molar-refractivity contribution in [1.82, 2.24) is 0 Å². The SMILES string of the molecule is CS(=O)CCCNc1cc(Cl)ccc1C(=O)O. The zero-order valence-electron chi connectivity index (χ0n) is 9.40. The van der Waals surface area contributed by atoms with Gasteiger partial charge in [-0.2, -0.15) is 0 Å². The third-order valence-electron chi connectivity index (χ3n) is 2.14. The summed E-state index contributed by atoms with van der Waals surface area (Å²) in [6, 6.07) is 4.58. The fourth-order valence-corrected chi connectivity index (χ4v) is 2.07. The van der Waals surface area contributed by atoms with Crippen LogP contribution in [0.3, 0.4) is 0 Å². The minimum atomic E-state index is -0.997. The molecule has 1 aromatic rings. The predicted octanol–water partition coefficient (Wildman–Crippen LogP) is 2.22. The van der Waals surface area contributed by atoms with Gasteiger partial charge in [0.1, 0.15) is 0 Å². The lowest BCUT2D eigenvalue weighted by atomic mass is 10.2. The van der Waals surface area contributed by atoms with E-state index in [1.54, 1.807) is 12.3 Å². The van der Waals surface area contributed by atoms with Crippen LogP contribution < -0.4 is 5.32 Å². The average Bonchev–Trinajstić information content (AvgIpc) is 2.23. The molecular formula is C11H14ClNO3S. The summed E-state index contributed by atoms with van der Waals surface area (Å²) in [5, 5.41) is 12.4.